The zero-order chi connectivity index (χ0) is 15.5. The van der Waals surface area contributed by atoms with Crippen LogP contribution in [-0.2, 0) is 4.79 Å². The molecule has 1 aromatic carbocycles. The fourth-order valence-corrected chi connectivity index (χ4v) is 2.21. The summed E-state index contributed by atoms with van der Waals surface area (Å²) in [7, 11) is 0. The van der Waals surface area contributed by atoms with E-state index in [0.29, 0.717) is 37.4 Å². The van der Waals surface area contributed by atoms with Gasteiger partial charge in [0.15, 0.2) is 0 Å². The highest BCUT2D eigenvalue weighted by atomic mass is 16.5. The molecule has 0 aromatic heterocycles. The van der Waals surface area contributed by atoms with Gasteiger partial charge in [0.1, 0.15) is 11.3 Å². The minimum Gasteiger partial charge on any atom is -0.493 e. The summed E-state index contributed by atoms with van der Waals surface area (Å²) >= 11 is 0. The van der Waals surface area contributed by atoms with Crippen molar-refractivity contribution in [2.45, 2.75) is 32.2 Å². The van der Waals surface area contributed by atoms with Crippen molar-refractivity contribution >= 4 is 17.6 Å². The Kier molecular flexibility index (Phi) is 4.35. The maximum Gasteiger partial charge on any atom is 0.325 e. The van der Waals surface area contributed by atoms with Crippen LogP contribution in [0.2, 0.25) is 0 Å². The predicted octanol–water partition coefficient (Wildman–Crippen LogP) is 1.76. The second-order valence-electron chi connectivity index (χ2n) is 5.35. The summed E-state index contributed by atoms with van der Waals surface area (Å²) in [5.74, 6) is 0.518. The number of carbonyl (C=O) groups is 2. The lowest BCUT2D eigenvalue weighted by Gasteiger charge is -2.19. The van der Waals surface area contributed by atoms with Gasteiger partial charge in [-0.25, -0.2) is 4.79 Å². The topological polar surface area (TPSA) is 84.7 Å². The van der Waals surface area contributed by atoms with Gasteiger partial charge in [0, 0.05) is 18.3 Å². The average molecular weight is 291 g/mol. The van der Waals surface area contributed by atoms with Crippen LogP contribution in [0.4, 0.5) is 10.5 Å². The number of imide groups is 1. The van der Waals surface area contributed by atoms with Gasteiger partial charge in [-0.2, -0.15) is 0 Å². The Morgan fingerprint density at radius 2 is 2.14 bits per heavy atom. The third-order valence-electron chi connectivity index (χ3n) is 3.71. The predicted molar refractivity (Wildman–Crippen MR) is 79.9 cm³/mol. The van der Waals surface area contributed by atoms with Crippen molar-refractivity contribution in [1.29, 1.82) is 0 Å². The molecule has 0 spiro atoms. The standard InChI is InChI=1S/C15H21N3O3/c1-3-15(2)13(19)18(14(20)17-15)8-5-9-21-12-7-4-6-11(16)10-12/h4,6-7,10H,3,5,8-9,16H2,1-2H3,(H,17,20). The first-order valence-electron chi connectivity index (χ1n) is 7.09. The highest BCUT2D eigenvalue weighted by Crippen LogP contribution is 2.21. The number of ether oxygens (including phenoxy) is 1. The number of hydrogen-bond donors (Lipinski definition) is 2. The lowest BCUT2D eigenvalue weighted by Crippen LogP contribution is -2.43. The molecule has 1 aliphatic heterocycles. The van der Waals surface area contributed by atoms with Crippen molar-refractivity contribution < 1.29 is 14.3 Å². The van der Waals surface area contributed by atoms with Crippen molar-refractivity contribution in [3.8, 4) is 5.75 Å². The molecular weight excluding hydrogens is 270 g/mol. The SMILES string of the molecule is CCC1(C)NC(=O)N(CCCOc2cccc(N)c2)C1=O. The Hall–Kier alpha value is -2.24. The van der Waals surface area contributed by atoms with E-state index in [-0.39, 0.29) is 11.9 Å². The molecule has 1 atom stereocenters. The van der Waals surface area contributed by atoms with Gasteiger partial charge in [-0.1, -0.05) is 13.0 Å². The molecule has 1 unspecified atom stereocenters. The zero-order valence-electron chi connectivity index (χ0n) is 12.4. The van der Waals surface area contributed by atoms with Crippen LogP contribution in [0, 0.1) is 0 Å². The molecule has 0 aliphatic carbocycles. The van der Waals surface area contributed by atoms with Crippen molar-refractivity contribution in [2.75, 3.05) is 18.9 Å². The minimum atomic E-state index is -0.772. The van der Waals surface area contributed by atoms with Crippen LogP contribution in [0.5, 0.6) is 5.75 Å². The zero-order valence-corrected chi connectivity index (χ0v) is 12.4. The number of hydrogen-bond acceptors (Lipinski definition) is 4. The van der Waals surface area contributed by atoms with Gasteiger partial charge in [-0.05, 0) is 31.9 Å². The smallest absolute Gasteiger partial charge is 0.325 e. The van der Waals surface area contributed by atoms with Crippen LogP contribution < -0.4 is 15.8 Å². The fourth-order valence-electron chi connectivity index (χ4n) is 2.21. The molecule has 1 heterocycles. The molecule has 6 heteroatoms. The van der Waals surface area contributed by atoms with E-state index in [1.54, 1.807) is 19.1 Å². The summed E-state index contributed by atoms with van der Waals surface area (Å²) in [6, 6.07) is 6.83. The highest BCUT2D eigenvalue weighted by molar-refractivity contribution is 6.06. The molecular formula is C15H21N3O3. The van der Waals surface area contributed by atoms with Gasteiger partial charge in [0.2, 0.25) is 0 Å². The largest absolute Gasteiger partial charge is 0.493 e. The average Bonchev–Trinajstić information content (AvgIpc) is 2.67. The molecule has 3 N–H and O–H groups in total. The van der Waals surface area contributed by atoms with Crippen molar-refractivity contribution in [1.82, 2.24) is 10.2 Å². The number of nitrogens with one attached hydrogen (secondary N) is 1. The molecule has 0 radical (unpaired) electrons. The number of nitrogens with zero attached hydrogens (tertiary/aromatic N) is 1. The maximum atomic E-state index is 12.2. The van der Waals surface area contributed by atoms with E-state index < -0.39 is 5.54 Å². The van der Waals surface area contributed by atoms with E-state index in [1.165, 1.54) is 4.90 Å². The van der Waals surface area contributed by atoms with Crippen LogP contribution in [0.25, 0.3) is 0 Å². The number of benzene rings is 1. The fraction of sp³-hybridized carbons (Fsp3) is 0.467. The molecule has 1 aromatic rings. The van der Waals surface area contributed by atoms with E-state index in [2.05, 4.69) is 5.32 Å². The molecule has 21 heavy (non-hydrogen) atoms. The van der Waals surface area contributed by atoms with Gasteiger partial charge >= 0.3 is 6.03 Å². The summed E-state index contributed by atoms with van der Waals surface area (Å²) in [6.45, 7) is 4.40. The molecule has 0 bridgehead atoms. The molecule has 1 aliphatic rings. The third-order valence-corrected chi connectivity index (χ3v) is 3.71. The second kappa shape index (κ2) is 6.03. The van der Waals surface area contributed by atoms with Gasteiger partial charge in [0.05, 0.1) is 6.61 Å². The van der Waals surface area contributed by atoms with E-state index >= 15 is 0 Å². The summed E-state index contributed by atoms with van der Waals surface area (Å²) in [4.78, 5) is 25.2. The quantitative estimate of drug-likeness (QED) is 0.475. The van der Waals surface area contributed by atoms with Gasteiger partial charge < -0.3 is 15.8 Å². The molecule has 3 amide bonds. The number of amides is 3. The second-order valence-corrected chi connectivity index (χ2v) is 5.35. The molecule has 114 valence electrons. The monoisotopic (exact) mass is 291 g/mol. The lowest BCUT2D eigenvalue weighted by atomic mass is 9.99. The first kappa shape index (κ1) is 15.2. The van der Waals surface area contributed by atoms with Crippen LogP contribution in [0.1, 0.15) is 26.7 Å². The van der Waals surface area contributed by atoms with Crippen LogP contribution in [0.3, 0.4) is 0 Å². The Labute approximate surface area is 124 Å². The first-order valence-corrected chi connectivity index (χ1v) is 7.09. The van der Waals surface area contributed by atoms with Crippen LogP contribution in [0.15, 0.2) is 24.3 Å². The Bertz CT molecular complexity index is 547. The Balaban J connectivity index is 1.81. The van der Waals surface area contributed by atoms with Gasteiger partial charge in [-0.3, -0.25) is 9.69 Å². The van der Waals surface area contributed by atoms with E-state index in [1.807, 2.05) is 19.1 Å². The molecule has 1 fully saturated rings. The number of nitrogens with two attached hydrogens (primary N) is 1. The number of nitrogen functional groups attached to an aromatic ring is 1. The van der Waals surface area contributed by atoms with Gasteiger partial charge in [-0.15, -0.1) is 0 Å². The van der Waals surface area contributed by atoms with Crippen molar-refractivity contribution in [3.63, 3.8) is 0 Å². The Morgan fingerprint density at radius 1 is 1.38 bits per heavy atom. The third kappa shape index (κ3) is 3.26. The van der Waals surface area contributed by atoms with E-state index in [9.17, 15) is 9.59 Å². The molecule has 2 rings (SSSR count). The number of urea groups is 1. The number of carbonyl (C=O) groups excluding carboxylic acids is 2. The van der Waals surface area contributed by atoms with E-state index in [4.69, 9.17) is 10.5 Å². The highest BCUT2D eigenvalue weighted by Gasteiger charge is 2.45. The lowest BCUT2D eigenvalue weighted by molar-refractivity contribution is -0.130. The first-order chi connectivity index (χ1) is 9.96. The number of rotatable bonds is 6. The number of anilines is 1. The summed E-state index contributed by atoms with van der Waals surface area (Å²) < 4.78 is 5.55. The van der Waals surface area contributed by atoms with Gasteiger partial charge in [0.25, 0.3) is 5.91 Å². The summed E-state index contributed by atoms with van der Waals surface area (Å²) in [5, 5.41) is 2.73. The minimum absolute atomic E-state index is 0.168. The molecule has 6 nitrogen and oxygen atoms in total. The van der Waals surface area contributed by atoms with Crippen LogP contribution in [-0.4, -0.2) is 35.5 Å². The normalized spacial score (nSPS) is 21.5. The van der Waals surface area contributed by atoms with E-state index in [0.717, 1.165) is 0 Å². The molecule has 1 saturated heterocycles. The maximum absolute atomic E-state index is 12.2. The van der Waals surface area contributed by atoms with Crippen LogP contribution >= 0.6 is 0 Å². The summed E-state index contributed by atoms with van der Waals surface area (Å²) in [6.07, 6.45) is 1.15. The Morgan fingerprint density at radius 3 is 2.76 bits per heavy atom. The summed E-state index contributed by atoms with van der Waals surface area (Å²) in [5.41, 5.74) is 5.53. The van der Waals surface area contributed by atoms with Crippen molar-refractivity contribution in [3.05, 3.63) is 24.3 Å². The van der Waals surface area contributed by atoms with Crippen molar-refractivity contribution in [2.24, 2.45) is 0 Å². The molecule has 0 saturated carbocycles.